The van der Waals surface area contributed by atoms with Crippen LogP contribution < -0.4 is 10.6 Å². The minimum Gasteiger partial charge on any atom is -0.508 e. The van der Waals surface area contributed by atoms with Crippen molar-refractivity contribution < 1.29 is 28.2 Å². The van der Waals surface area contributed by atoms with Crippen molar-refractivity contribution in [3.05, 3.63) is 96.1 Å². The number of carbonyl (C=O) groups excluding carboxylic acids is 2. The summed E-state index contributed by atoms with van der Waals surface area (Å²) in [5, 5.41) is 14.3. The number of ether oxygens (including phenoxy) is 1. The number of nitrogens with one attached hydrogen (secondary N) is 2. The van der Waals surface area contributed by atoms with Gasteiger partial charge in [0.15, 0.2) is 0 Å². The van der Waals surface area contributed by atoms with Crippen LogP contribution in [0.1, 0.15) is 17.2 Å². The van der Waals surface area contributed by atoms with Crippen LogP contribution in [-0.4, -0.2) is 36.1 Å². The fraction of sp³-hybridized carbons (Fsp3) is 0.200. The fourth-order valence-corrected chi connectivity index (χ4v) is 3.32. The lowest BCUT2D eigenvalue weighted by Crippen LogP contribution is -2.53. The lowest BCUT2D eigenvalue weighted by atomic mass is 9.98. The van der Waals surface area contributed by atoms with E-state index in [2.05, 4.69) is 10.6 Å². The lowest BCUT2D eigenvalue weighted by Gasteiger charge is -2.29. The zero-order valence-electron chi connectivity index (χ0n) is 17.9. The molecule has 6 nitrogen and oxygen atoms in total. The largest absolute Gasteiger partial charge is 0.508 e. The van der Waals surface area contributed by atoms with E-state index in [1.165, 1.54) is 36.4 Å². The average molecular weight is 454 g/mol. The van der Waals surface area contributed by atoms with Gasteiger partial charge in [-0.2, -0.15) is 8.78 Å². The number of alkyl halides is 2. The third-order valence-corrected chi connectivity index (χ3v) is 5.05. The van der Waals surface area contributed by atoms with E-state index in [-0.39, 0.29) is 17.7 Å². The molecule has 0 spiro atoms. The summed E-state index contributed by atoms with van der Waals surface area (Å²) in [4.78, 5) is 25.0. The summed E-state index contributed by atoms with van der Waals surface area (Å²) in [6.07, 6.45) is -0.0864. The first-order chi connectivity index (χ1) is 15.8. The zero-order chi connectivity index (χ0) is 23.8. The Hall–Kier alpha value is -3.94. The zero-order valence-corrected chi connectivity index (χ0v) is 17.9. The molecule has 3 aromatic rings. The molecule has 0 saturated heterocycles. The van der Waals surface area contributed by atoms with E-state index in [4.69, 9.17) is 4.74 Å². The third-order valence-electron chi connectivity index (χ3n) is 5.05. The Labute approximate surface area is 190 Å². The highest BCUT2D eigenvalue weighted by Crippen LogP contribution is 2.35. The van der Waals surface area contributed by atoms with Gasteiger partial charge in [0.05, 0.1) is 7.11 Å². The molecule has 1 unspecified atom stereocenters. The molecule has 2 atom stereocenters. The number of anilines is 1. The second kappa shape index (κ2) is 10.6. The summed E-state index contributed by atoms with van der Waals surface area (Å²) in [5.41, 5.74) is 1.16. The maximum atomic E-state index is 15.5. The van der Waals surface area contributed by atoms with Crippen LogP contribution in [0, 0.1) is 0 Å². The van der Waals surface area contributed by atoms with Crippen LogP contribution in [0.2, 0.25) is 0 Å². The van der Waals surface area contributed by atoms with Gasteiger partial charge in [-0.15, -0.1) is 0 Å². The number of carbonyl (C=O) groups is 2. The maximum Gasteiger partial charge on any atom is 0.348 e. The van der Waals surface area contributed by atoms with Crippen molar-refractivity contribution in [2.45, 2.75) is 24.4 Å². The quantitative estimate of drug-likeness (QED) is 0.424. The molecule has 0 bridgehead atoms. The Balaban J connectivity index is 1.86. The van der Waals surface area contributed by atoms with Crippen LogP contribution in [-0.2, 0) is 20.7 Å². The molecule has 0 aliphatic heterocycles. The summed E-state index contributed by atoms with van der Waals surface area (Å²) < 4.78 is 35.7. The monoisotopic (exact) mass is 454 g/mol. The molecule has 33 heavy (non-hydrogen) atoms. The number of methoxy groups -OCH3 is 1. The molecule has 172 valence electrons. The van der Waals surface area contributed by atoms with Gasteiger partial charge in [-0.3, -0.25) is 4.79 Å². The van der Waals surface area contributed by atoms with E-state index in [0.29, 0.717) is 11.3 Å². The minimum atomic E-state index is -3.92. The first-order valence-electron chi connectivity index (χ1n) is 10.2. The number of aromatic hydroxyl groups is 1. The predicted octanol–water partition coefficient (Wildman–Crippen LogP) is 4.08. The molecule has 0 radical (unpaired) electrons. The number of phenolic OH excluding ortho intramolecular Hbond substituents is 1. The van der Waals surface area contributed by atoms with Gasteiger partial charge in [0.25, 0.3) is 5.91 Å². The van der Waals surface area contributed by atoms with Gasteiger partial charge < -0.3 is 20.5 Å². The van der Waals surface area contributed by atoms with Crippen LogP contribution in [0.15, 0.2) is 84.9 Å². The van der Waals surface area contributed by atoms with Crippen molar-refractivity contribution in [2.24, 2.45) is 0 Å². The highest BCUT2D eigenvalue weighted by molar-refractivity contribution is 5.90. The minimum absolute atomic E-state index is 0.0154. The van der Waals surface area contributed by atoms with Gasteiger partial charge in [-0.05, 0) is 35.4 Å². The molecule has 1 amide bonds. The Morgan fingerprint density at radius 1 is 0.939 bits per heavy atom. The molecule has 0 fully saturated rings. The summed E-state index contributed by atoms with van der Waals surface area (Å²) in [5.74, 6) is -6.38. The highest BCUT2D eigenvalue weighted by atomic mass is 19.3. The summed E-state index contributed by atoms with van der Waals surface area (Å²) in [6, 6.07) is 19.1. The third kappa shape index (κ3) is 6.06. The Morgan fingerprint density at radius 3 is 2.09 bits per heavy atom. The van der Waals surface area contributed by atoms with Gasteiger partial charge in [-0.1, -0.05) is 60.7 Å². The van der Waals surface area contributed by atoms with Crippen LogP contribution in [0.3, 0.4) is 0 Å². The molecule has 3 aromatic carbocycles. The van der Waals surface area contributed by atoms with Crippen molar-refractivity contribution in [2.75, 3.05) is 12.4 Å². The SMILES string of the molecule is COC(=O)[C@H](Cc1ccc(O)cc1)NC(=O)C(F)(F)C(Nc1ccccc1)c1ccccc1. The standard InChI is InChI=1S/C25H24F2N2O4/c1-33-23(31)21(16-17-12-14-20(30)15-13-17)29-24(32)25(26,27)22(18-8-4-2-5-9-18)28-19-10-6-3-7-11-19/h2-15,21-22,28,30H,16H2,1H3,(H,29,32)/t21-,22?/m0/s1. The average Bonchev–Trinajstić information content (AvgIpc) is 2.84. The van der Waals surface area contributed by atoms with E-state index < -0.39 is 29.9 Å². The van der Waals surface area contributed by atoms with Crippen molar-refractivity contribution in [3.8, 4) is 5.75 Å². The summed E-state index contributed by atoms with van der Waals surface area (Å²) >= 11 is 0. The van der Waals surface area contributed by atoms with Crippen molar-refractivity contribution in [1.82, 2.24) is 5.32 Å². The molecule has 0 aromatic heterocycles. The Kier molecular flexibility index (Phi) is 7.61. The predicted molar refractivity (Wildman–Crippen MR) is 120 cm³/mol. The van der Waals surface area contributed by atoms with Gasteiger partial charge in [0.2, 0.25) is 0 Å². The maximum absolute atomic E-state index is 15.5. The van der Waals surface area contributed by atoms with E-state index in [1.54, 1.807) is 48.5 Å². The lowest BCUT2D eigenvalue weighted by molar-refractivity contribution is -0.154. The van der Waals surface area contributed by atoms with Gasteiger partial charge >= 0.3 is 11.9 Å². The first-order valence-corrected chi connectivity index (χ1v) is 10.2. The van der Waals surface area contributed by atoms with Crippen molar-refractivity contribution in [1.29, 1.82) is 0 Å². The van der Waals surface area contributed by atoms with Gasteiger partial charge in [0, 0.05) is 12.1 Å². The first kappa shape index (κ1) is 23.7. The summed E-state index contributed by atoms with van der Waals surface area (Å²) in [7, 11) is 1.11. The number of benzene rings is 3. The number of halogens is 2. The van der Waals surface area contributed by atoms with Gasteiger partial charge in [-0.25, -0.2) is 4.79 Å². The number of phenols is 1. The number of hydrogen-bond donors (Lipinski definition) is 3. The molecule has 3 rings (SSSR count). The second-order valence-corrected chi connectivity index (χ2v) is 7.40. The van der Waals surface area contributed by atoms with Crippen LogP contribution in [0.5, 0.6) is 5.75 Å². The van der Waals surface area contributed by atoms with Crippen LogP contribution in [0.4, 0.5) is 14.5 Å². The molecule has 0 aliphatic carbocycles. The molecular weight excluding hydrogens is 430 g/mol. The molecular formula is C25H24F2N2O4. The molecule has 8 heteroatoms. The normalized spacial score (nSPS) is 12.9. The van der Waals surface area contributed by atoms with Crippen LogP contribution >= 0.6 is 0 Å². The topological polar surface area (TPSA) is 87.7 Å². The summed E-state index contributed by atoms with van der Waals surface area (Å²) in [6.45, 7) is 0. The van der Waals surface area contributed by atoms with E-state index in [9.17, 15) is 14.7 Å². The van der Waals surface area contributed by atoms with Crippen molar-refractivity contribution >= 4 is 17.6 Å². The number of rotatable bonds is 9. The van der Waals surface area contributed by atoms with E-state index in [0.717, 1.165) is 7.11 Å². The van der Waals surface area contributed by atoms with E-state index in [1.807, 2.05) is 0 Å². The number of amides is 1. The number of para-hydroxylation sites is 1. The number of esters is 1. The Bertz CT molecular complexity index is 1060. The van der Waals surface area contributed by atoms with E-state index >= 15 is 8.78 Å². The second-order valence-electron chi connectivity index (χ2n) is 7.40. The van der Waals surface area contributed by atoms with Crippen molar-refractivity contribution in [3.63, 3.8) is 0 Å². The molecule has 0 heterocycles. The molecule has 0 aliphatic rings. The fourth-order valence-electron chi connectivity index (χ4n) is 3.32. The number of hydrogen-bond acceptors (Lipinski definition) is 5. The molecule has 3 N–H and O–H groups in total. The van der Waals surface area contributed by atoms with Gasteiger partial charge in [0.1, 0.15) is 17.8 Å². The smallest absolute Gasteiger partial charge is 0.348 e. The Morgan fingerprint density at radius 2 is 1.52 bits per heavy atom. The molecule has 0 saturated carbocycles. The van der Waals surface area contributed by atoms with Crippen LogP contribution in [0.25, 0.3) is 0 Å². The highest BCUT2D eigenvalue weighted by Gasteiger charge is 2.49.